The second-order valence-electron chi connectivity index (χ2n) is 6.72. The zero-order valence-electron chi connectivity index (χ0n) is 16.7. The van der Waals surface area contributed by atoms with Crippen LogP contribution in [0.4, 0.5) is 10.1 Å². The molecule has 2 aromatic rings. The first-order valence-electron chi connectivity index (χ1n) is 9.96. The number of aliphatic imine (C=N–C) groups is 1. The number of nitrogens with zero attached hydrogens (tertiary/aromatic N) is 2. The van der Waals surface area contributed by atoms with Crippen molar-refractivity contribution in [2.45, 2.75) is 19.8 Å². The van der Waals surface area contributed by atoms with Gasteiger partial charge in [-0.05, 0) is 49.6 Å². The molecule has 2 N–H and O–H groups in total. The normalized spacial score (nSPS) is 13.7. The highest BCUT2D eigenvalue weighted by molar-refractivity contribution is 5.97. The van der Waals surface area contributed by atoms with Crippen LogP contribution in [0.3, 0.4) is 0 Å². The van der Waals surface area contributed by atoms with Crippen molar-refractivity contribution in [3.63, 3.8) is 0 Å². The molecule has 0 saturated heterocycles. The first kappa shape index (κ1) is 20.6. The van der Waals surface area contributed by atoms with Gasteiger partial charge in [-0.2, -0.15) is 0 Å². The Labute approximate surface area is 170 Å². The third-order valence-corrected chi connectivity index (χ3v) is 4.58. The van der Waals surface area contributed by atoms with E-state index in [1.165, 1.54) is 12.1 Å². The Morgan fingerprint density at radius 2 is 1.97 bits per heavy atom. The number of para-hydroxylation sites is 2. The summed E-state index contributed by atoms with van der Waals surface area (Å²) >= 11 is 0. The van der Waals surface area contributed by atoms with Crippen molar-refractivity contribution >= 4 is 17.6 Å². The summed E-state index contributed by atoms with van der Waals surface area (Å²) in [5.74, 6) is 1.23. The highest BCUT2D eigenvalue weighted by Gasteiger charge is 2.24. The van der Waals surface area contributed by atoms with Crippen LogP contribution in [-0.2, 0) is 11.2 Å². The van der Waals surface area contributed by atoms with E-state index in [4.69, 9.17) is 4.74 Å². The molecule has 1 heterocycles. The Hall–Kier alpha value is -3.09. The summed E-state index contributed by atoms with van der Waals surface area (Å²) in [7, 11) is 0. The number of hydrogen-bond donors (Lipinski definition) is 2. The van der Waals surface area contributed by atoms with Crippen molar-refractivity contribution in [3.05, 3.63) is 59.9 Å². The summed E-state index contributed by atoms with van der Waals surface area (Å²) in [6.07, 6.45) is 1.53. The quantitative estimate of drug-likeness (QED) is 0.408. The van der Waals surface area contributed by atoms with Gasteiger partial charge >= 0.3 is 0 Å². The van der Waals surface area contributed by atoms with Crippen LogP contribution in [0.5, 0.6) is 5.75 Å². The van der Waals surface area contributed by atoms with Crippen molar-refractivity contribution in [1.82, 2.24) is 10.6 Å². The molecule has 3 rings (SSSR count). The molecule has 154 valence electrons. The van der Waals surface area contributed by atoms with Gasteiger partial charge < -0.3 is 20.3 Å². The number of nitrogens with one attached hydrogen (secondary N) is 2. The molecule has 1 aliphatic rings. The number of carbonyl (C=O) groups is 1. The van der Waals surface area contributed by atoms with E-state index in [0.717, 1.165) is 42.3 Å². The van der Waals surface area contributed by atoms with Crippen LogP contribution in [0.1, 0.15) is 18.9 Å². The molecule has 0 aromatic heterocycles. The van der Waals surface area contributed by atoms with E-state index in [1.807, 2.05) is 31.2 Å². The number of hydrogen-bond acceptors (Lipinski definition) is 3. The van der Waals surface area contributed by atoms with Crippen LogP contribution in [0.15, 0.2) is 53.5 Å². The Kier molecular flexibility index (Phi) is 7.44. The van der Waals surface area contributed by atoms with Gasteiger partial charge in [0.15, 0.2) is 12.6 Å². The van der Waals surface area contributed by atoms with Gasteiger partial charge in [-0.3, -0.25) is 9.79 Å². The Morgan fingerprint density at radius 3 is 2.76 bits per heavy atom. The van der Waals surface area contributed by atoms with E-state index in [2.05, 4.69) is 15.6 Å². The smallest absolute Gasteiger partial charge is 0.265 e. The molecular formula is C22H27FN4O2. The summed E-state index contributed by atoms with van der Waals surface area (Å²) in [6.45, 7) is 4.75. The van der Waals surface area contributed by atoms with Gasteiger partial charge in [0.25, 0.3) is 5.91 Å². The fraction of sp³-hybridized carbons (Fsp3) is 0.364. The lowest BCUT2D eigenvalue weighted by Gasteiger charge is -2.29. The summed E-state index contributed by atoms with van der Waals surface area (Å²) in [5, 5.41) is 6.51. The molecule has 0 atom stereocenters. The topological polar surface area (TPSA) is 66.0 Å². The lowest BCUT2D eigenvalue weighted by atomic mass is 10.1. The number of rotatable bonds is 8. The zero-order chi connectivity index (χ0) is 20.5. The van der Waals surface area contributed by atoms with E-state index in [9.17, 15) is 9.18 Å². The fourth-order valence-electron chi connectivity index (χ4n) is 3.14. The maximum atomic E-state index is 13.0. The SMILES string of the molecule is CCNC(=NCCCN1C(=O)COc2ccccc21)NCCc1ccc(F)cc1. The van der Waals surface area contributed by atoms with Gasteiger partial charge in [0.05, 0.1) is 5.69 Å². The lowest BCUT2D eigenvalue weighted by molar-refractivity contribution is -0.121. The second kappa shape index (κ2) is 10.5. The van der Waals surface area contributed by atoms with Crippen LogP contribution in [0.25, 0.3) is 0 Å². The van der Waals surface area contributed by atoms with E-state index in [0.29, 0.717) is 19.6 Å². The van der Waals surface area contributed by atoms with E-state index >= 15 is 0 Å². The largest absolute Gasteiger partial charge is 0.482 e. The van der Waals surface area contributed by atoms with Crippen molar-refractivity contribution in [1.29, 1.82) is 0 Å². The molecular weight excluding hydrogens is 371 g/mol. The molecule has 0 aliphatic carbocycles. The van der Waals surface area contributed by atoms with E-state index in [-0.39, 0.29) is 18.3 Å². The molecule has 1 aliphatic heterocycles. The number of ether oxygens (including phenoxy) is 1. The molecule has 0 spiro atoms. The van der Waals surface area contributed by atoms with Crippen LogP contribution in [0.2, 0.25) is 0 Å². The first-order valence-corrected chi connectivity index (χ1v) is 9.96. The first-order chi connectivity index (χ1) is 14.2. The number of halogens is 1. The van der Waals surface area contributed by atoms with Crippen LogP contribution < -0.4 is 20.3 Å². The number of fused-ring (bicyclic) bond motifs is 1. The summed E-state index contributed by atoms with van der Waals surface area (Å²) < 4.78 is 18.4. The number of anilines is 1. The number of benzene rings is 2. The molecule has 1 amide bonds. The predicted octanol–water partition coefficient (Wildman–Crippen LogP) is 2.74. The van der Waals surface area contributed by atoms with Gasteiger partial charge in [-0.15, -0.1) is 0 Å². The molecule has 0 saturated carbocycles. The van der Waals surface area contributed by atoms with Crippen LogP contribution in [0, 0.1) is 5.82 Å². The minimum absolute atomic E-state index is 0.0305. The van der Waals surface area contributed by atoms with Crippen molar-refractivity contribution < 1.29 is 13.9 Å². The standard InChI is InChI=1S/C22H27FN4O2/c1-2-24-22(26-14-12-17-8-10-18(23)11-9-17)25-13-5-15-27-19-6-3-4-7-20(19)29-16-21(27)28/h3-4,6-11H,2,5,12-16H2,1H3,(H2,24,25,26). The van der Waals surface area contributed by atoms with E-state index < -0.39 is 0 Å². The molecule has 0 radical (unpaired) electrons. The highest BCUT2D eigenvalue weighted by atomic mass is 19.1. The maximum Gasteiger partial charge on any atom is 0.265 e. The molecule has 2 aromatic carbocycles. The molecule has 0 fully saturated rings. The average Bonchev–Trinajstić information content (AvgIpc) is 2.73. The molecule has 6 nitrogen and oxygen atoms in total. The molecule has 7 heteroatoms. The lowest BCUT2D eigenvalue weighted by Crippen LogP contribution is -2.40. The summed E-state index contributed by atoms with van der Waals surface area (Å²) in [5.41, 5.74) is 1.89. The van der Waals surface area contributed by atoms with E-state index in [1.54, 1.807) is 17.0 Å². The monoisotopic (exact) mass is 398 g/mol. The summed E-state index contributed by atoms with van der Waals surface area (Å²) in [4.78, 5) is 18.6. The van der Waals surface area contributed by atoms with Gasteiger partial charge in [-0.25, -0.2) is 4.39 Å². The number of carbonyl (C=O) groups excluding carboxylic acids is 1. The molecule has 0 unspecified atom stereocenters. The van der Waals surface area contributed by atoms with Crippen molar-refractivity contribution in [2.24, 2.45) is 4.99 Å². The molecule has 29 heavy (non-hydrogen) atoms. The average molecular weight is 398 g/mol. The third-order valence-electron chi connectivity index (χ3n) is 4.58. The minimum atomic E-state index is -0.224. The fourth-order valence-corrected chi connectivity index (χ4v) is 3.14. The van der Waals surface area contributed by atoms with Gasteiger partial charge in [0, 0.05) is 26.2 Å². The maximum absolute atomic E-state index is 13.0. The highest BCUT2D eigenvalue weighted by Crippen LogP contribution is 2.31. The Bertz CT molecular complexity index is 839. The van der Waals surface area contributed by atoms with Gasteiger partial charge in [-0.1, -0.05) is 24.3 Å². The second-order valence-corrected chi connectivity index (χ2v) is 6.72. The van der Waals surface area contributed by atoms with Crippen molar-refractivity contribution in [3.8, 4) is 5.75 Å². The summed E-state index contributed by atoms with van der Waals surface area (Å²) in [6, 6.07) is 14.1. The zero-order valence-corrected chi connectivity index (χ0v) is 16.7. The Balaban J connectivity index is 1.47. The van der Waals surface area contributed by atoms with Crippen LogP contribution >= 0.6 is 0 Å². The number of guanidine groups is 1. The van der Waals surface area contributed by atoms with Crippen LogP contribution in [-0.4, -0.2) is 44.7 Å². The third kappa shape index (κ3) is 5.94. The molecule has 0 bridgehead atoms. The van der Waals surface area contributed by atoms with Gasteiger partial charge in [0.2, 0.25) is 0 Å². The predicted molar refractivity (Wildman–Crippen MR) is 113 cm³/mol. The van der Waals surface area contributed by atoms with Gasteiger partial charge in [0.1, 0.15) is 11.6 Å². The minimum Gasteiger partial charge on any atom is -0.482 e. The number of amides is 1. The van der Waals surface area contributed by atoms with Crippen molar-refractivity contribution in [2.75, 3.05) is 37.7 Å². The Morgan fingerprint density at radius 1 is 1.17 bits per heavy atom.